The standard InChI is InChI=1S/C17H29NO2/c1-5-10-18-15(3)16-8-9-17(14(2)13-16)20-12-7-6-11-19-4/h8-9,13,15,18H,5-7,10-12H2,1-4H3. The molecule has 0 heterocycles. The van der Waals surface area contributed by atoms with E-state index in [9.17, 15) is 0 Å². The summed E-state index contributed by atoms with van der Waals surface area (Å²) >= 11 is 0. The van der Waals surface area contributed by atoms with E-state index >= 15 is 0 Å². The minimum atomic E-state index is 0.393. The van der Waals surface area contributed by atoms with Gasteiger partial charge in [-0.15, -0.1) is 0 Å². The first kappa shape index (κ1) is 17.0. The Labute approximate surface area is 123 Å². The Hall–Kier alpha value is -1.06. The van der Waals surface area contributed by atoms with Crippen molar-refractivity contribution < 1.29 is 9.47 Å². The summed E-state index contributed by atoms with van der Waals surface area (Å²) in [6, 6.07) is 6.86. The molecule has 1 aromatic rings. The molecular weight excluding hydrogens is 250 g/mol. The zero-order valence-electron chi connectivity index (χ0n) is 13.4. The van der Waals surface area contributed by atoms with Gasteiger partial charge in [0.15, 0.2) is 0 Å². The van der Waals surface area contributed by atoms with E-state index in [0.29, 0.717) is 6.04 Å². The molecule has 0 saturated heterocycles. The lowest BCUT2D eigenvalue weighted by molar-refractivity contribution is 0.184. The average molecular weight is 279 g/mol. The van der Waals surface area contributed by atoms with Gasteiger partial charge in [-0.1, -0.05) is 19.1 Å². The topological polar surface area (TPSA) is 30.5 Å². The molecule has 0 amide bonds. The molecule has 1 atom stereocenters. The molecule has 114 valence electrons. The van der Waals surface area contributed by atoms with Gasteiger partial charge in [0.05, 0.1) is 6.61 Å². The van der Waals surface area contributed by atoms with Gasteiger partial charge in [-0.2, -0.15) is 0 Å². The molecule has 0 saturated carbocycles. The van der Waals surface area contributed by atoms with Crippen molar-refractivity contribution in [1.29, 1.82) is 0 Å². The van der Waals surface area contributed by atoms with Gasteiger partial charge in [-0.05, 0) is 56.8 Å². The predicted octanol–water partition coefficient (Wildman–Crippen LogP) is 3.86. The molecule has 0 aromatic heterocycles. The molecule has 0 aliphatic rings. The summed E-state index contributed by atoms with van der Waals surface area (Å²) in [5, 5.41) is 3.51. The lowest BCUT2D eigenvalue weighted by Gasteiger charge is -2.16. The number of nitrogens with one attached hydrogen (secondary N) is 1. The monoisotopic (exact) mass is 279 g/mol. The van der Waals surface area contributed by atoms with Gasteiger partial charge in [0.25, 0.3) is 0 Å². The minimum absolute atomic E-state index is 0.393. The molecule has 1 aromatic carbocycles. The van der Waals surface area contributed by atoms with Crippen LogP contribution in [0.15, 0.2) is 18.2 Å². The Morgan fingerprint density at radius 1 is 1.20 bits per heavy atom. The molecular formula is C17H29NO2. The Bertz CT molecular complexity index is 379. The highest BCUT2D eigenvalue weighted by Crippen LogP contribution is 2.23. The van der Waals surface area contributed by atoms with Crippen LogP contribution in [0.4, 0.5) is 0 Å². The van der Waals surface area contributed by atoms with Gasteiger partial charge in [-0.25, -0.2) is 0 Å². The van der Waals surface area contributed by atoms with E-state index in [1.165, 1.54) is 11.1 Å². The smallest absolute Gasteiger partial charge is 0.122 e. The molecule has 1 N–H and O–H groups in total. The van der Waals surface area contributed by atoms with Gasteiger partial charge in [-0.3, -0.25) is 0 Å². The van der Waals surface area contributed by atoms with Crippen LogP contribution in [-0.2, 0) is 4.74 Å². The van der Waals surface area contributed by atoms with Crippen molar-refractivity contribution in [1.82, 2.24) is 5.32 Å². The van der Waals surface area contributed by atoms with E-state index in [-0.39, 0.29) is 0 Å². The molecule has 20 heavy (non-hydrogen) atoms. The van der Waals surface area contributed by atoms with E-state index < -0.39 is 0 Å². The molecule has 0 aliphatic carbocycles. The summed E-state index contributed by atoms with van der Waals surface area (Å²) in [6.07, 6.45) is 3.24. The van der Waals surface area contributed by atoms with Crippen molar-refractivity contribution >= 4 is 0 Å². The van der Waals surface area contributed by atoms with Crippen molar-refractivity contribution in [3.05, 3.63) is 29.3 Å². The molecule has 0 radical (unpaired) electrons. The lowest BCUT2D eigenvalue weighted by atomic mass is 10.0. The van der Waals surface area contributed by atoms with Crippen molar-refractivity contribution in [2.45, 2.75) is 46.1 Å². The third kappa shape index (κ3) is 5.93. The summed E-state index contributed by atoms with van der Waals surface area (Å²) in [4.78, 5) is 0. The van der Waals surface area contributed by atoms with E-state index in [2.05, 4.69) is 44.3 Å². The van der Waals surface area contributed by atoms with Crippen LogP contribution >= 0.6 is 0 Å². The zero-order valence-corrected chi connectivity index (χ0v) is 13.4. The quantitative estimate of drug-likeness (QED) is 0.660. The second kappa shape index (κ2) is 9.78. The highest BCUT2D eigenvalue weighted by atomic mass is 16.5. The van der Waals surface area contributed by atoms with E-state index in [1.807, 2.05) is 0 Å². The number of benzene rings is 1. The van der Waals surface area contributed by atoms with E-state index in [4.69, 9.17) is 9.47 Å². The first-order valence-corrected chi connectivity index (χ1v) is 7.64. The fourth-order valence-electron chi connectivity index (χ4n) is 2.11. The Kier molecular flexibility index (Phi) is 8.31. The molecule has 0 spiro atoms. The molecule has 3 heteroatoms. The van der Waals surface area contributed by atoms with Crippen LogP contribution in [0.1, 0.15) is 50.3 Å². The lowest BCUT2D eigenvalue weighted by Crippen LogP contribution is -2.19. The Balaban J connectivity index is 2.46. The number of ether oxygens (including phenoxy) is 2. The van der Waals surface area contributed by atoms with Crippen molar-refractivity contribution in [2.75, 3.05) is 26.9 Å². The van der Waals surface area contributed by atoms with Crippen molar-refractivity contribution in [3.8, 4) is 5.75 Å². The van der Waals surface area contributed by atoms with Crippen molar-refractivity contribution in [3.63, 3.8) is 0 Å². The minimum Gasteiger partial charge on any atom is -0.493 e. The number of rotatable bonds is 10. The van der Waals surface area contributed by atoms with Gasteiger partial charge in [0, 0.05) is 19.8 Å². The van der Waals surface area contributed by atoms with Crippen LogP contribution in [0.3, 0.4) is 0 Å². The highest BCUT2D eigenvalue weighted by Gasteiger charge is 2.07. The molecule has 0 aliphatic heterocycles. The highest BCUT2D eigenvalue weighted by molar-refractivity contribution is 5.37. The van der Waals surface area contributed by atoms with Crippen LogP contribution in [0.2, 0.25) is 0 Å². The number of hydrogen-bond acceptors (Lipinski definition) is 3. The first-order valence-electron chi connectivity index (χ1n) is 7.64. The van der Waals surface area contributed by atoms with E-state index in [1.54, 1.807) is 7.11 Å². The Morgan fingerprint density at radius 2 is 1.95 bits per heavy atom. The third-order valence-electron chi connectivity index (χ3n) is 3.40. The van der Waals surface area contributed by atoms with Gasteiger partial charge >= 0.3 is 0 Å². The fraction of sp³-hybridized carbons (Fsp3) is 0.647. The number of hydrogen-bond donors (Lipinski definition) is 1. The van der Waals surface area contributed by atoms with Crippen LogP contribution in [0.5, 0.6) is 5.75 Å². The van der Waals surface area contributed by atoms with Crippen molar-refractivity contribution in [2.24, 2.45) is 0 Å². The normalized spacial score (nSPS) is 12.4. The molecule has 3 nitrogen and oxygen atoms in total. The van der Waals surface area contributed by atoms with Crippen LogP contribution in [-0.4, -0.2) is 26.9 Å². The maximum atomic E-state index is 5.82. The Morgan fingerprint density at radius 3 is 2.60 bits per heavy atom. The van der Waals surface area contributed by atoms with E-state index in [0.717, 1.165) is 44.8 Å². The summed E-state index contributed by atoms with van der Waals surface area (Å²) < 4.78 is 10.9. The molecule has 0 fully saturated rings. The average Bonchev–Trinajstić information content (AvgIpc) is 2.46. The molecule has 1 unspecified atom stereocenters. The maximum absolute atomic E-state index is 5.82. The van der Waals surface area contributed by atoms with Gasteiger partial charge < -0.3 is 14.8 Å². The predicted molar refractivity (Wildman–Crippen MR) is 84.5 cm³/mol. The van der Waals surface area contributed by atoms with Crippen LogP contribution < -0.4 is 10.1 Å². The summed E-state index contributed by atoms with van der Waals surface area (Å²) in [6.45, 7) is 9.12. The third-order valence-corrected chi connectivity index (χ3v) is 3.40. The molecule has 0 bridgehead atoms. The first-order chi connectivity index (χ1) is 9.69. The second-order valence-electron chi connectivity index (χ2n) is 5.25. The number of aryl methyl sites for hydroxylation is 1. The SMILES string of the molecule is CCCNC(C)c1ccc(OCCCCOC)c(C)c1. The van der Waals surface area contributed by atoms with Gasteiger partial charge in [0.1, 0.15) is 5.75 Å². The largest absolute Gasteiger partial charge is 0.493 e. The number of methoxy groups -OCH3 is 1. The summed E-state index contributed by atoms with van der Waals surface area (Å²) in [5.74, 6) is 0.994. The summed E-state index contributed by atoms with van der Waals surface area (Å²) in [7, 11) is 1.73. The second-order valence-corrected chi connectivity index (χ2v) is 5.25. The molecule has 1 rings (SSSR count). The summed E-state index contributed by atoms with van der Waals surface area (Å²) in [5.41, 5.74) is 2.53. The van der Waals surface area contributed by atoms with Gasteiger partial charge in [0.2, 0.25) is 0 Å². The fourth-order valence-corrected chi connectivity index (χ4v) is 2.11. The zero-order chi connectivity index (χ0) is 14.8. The van der Waals surface area contributed by atoms with Crippen LogP contribution in [0, 0.1) is 6.92 Å². The van der Waals surface area contributed by atoms with Crippen LogP contribution in [0.25, 0.3) is 0 Å². The number of unbranched alkanes of at least 4 members (excludes halogenated alkanes) is 1. The maximum Gasteiger partial charge on any atom is 0.122 e.